The average molecular weight is 736 g/mol. The van der Waals surface area contributed by atoms with Crippen LogP contribution in [0.25, 0.3) is 22.2 Å². The number of hydrogen-bond donors (Lipinski definition) is 2. The van der Waals surface area contributed by atoms with Gasteiger partial charge < -0.3 is 29.7 Å². The van der Waals surface area contributed by atoms with E-state index in [1.54, 1.807) is 36.5 Å². The lowest BCUT2D eigenvalue weighted by Crippen LogP contribution is -2.40. The molecule has 0 spiro atoms. The topological polar surface area (TPSA) is 137 Å². The number of carbonyl (C=O) groups excluding carboxylic acids is 2. The first-order chi connectivity index (χ1) is 24.5. The zero-order valence-corrected chi connectivity index (χ0v) is 30.4. The second-order valence-electron chi connectivity index (χ2n) is 12.3. The van der Waals surface area contributed by atoms with Gasteiger partial charge in [-0.3, -0.25) is 19.0 Å². The Morgan fingerprint density at radius 3 is 2.47 bits per heavy atom. The van der Waals surface area contributed by atoms with Crippen LogP contribution in [-0.2, 0) is 20.9 Å². The third-order valence-electron chi connectivity index (χ3n) is 8.48. The van der Waals surface area contributed by atoms with Crippen LogP contribution in [0.1, 0.15) is 18.4 Å². The summed E-state index contributed by atoms with van der Waals surface area (Å²) in [5.74, 6) is 0.522. The van der Waals surface area contributed by atoms with E-state index in [1.807, 2.05) is 31.1 Å². The number of nitrogens with zero attached hydrogens (tertiary/aromatic N) is 4. The molecule has 2 N–H and O–H groups in total. The predicted octanol–water partition coefficient (Wildman–Crippen LogP) is 5.85. The molecule has 2 aromatic carbocycles. The molecule has 0 unspecified atom stereocenters. The van der Waals surface area contributed by atoms with Gasteiger partial charge in [0, 0.05) is 54.5 Å². The molecule has 51 heavy (non-hydrogen) atoms. The molecule has 1 saturated heterocycles. The monoisotopic (exact) mass is 734 g/mol. The van der Waals surface area contributed by atoms with E-state index in [1.165, 1.54) is 30.9 Å². The third-order valence-corrected chi connectivity index (χ3v) is 9.23. The first-order valence-electron chi connectivity index (χ1n) is 16.2. The van der Waals surface area contributed by atoms with E-state index in [9.17, 15) is 14.4 Å². The number of fused-ring (bicyclic) bond motifs is 1. The number of likely N-dealkylation sites (N-methyl/N-ethyl adjacent to an activating group) is 1. The Morgan fingerprint density at radius 2 is 1.82 bits per heavy atom. The molecule has 5 rings (SSSR count). The molecule has 1 aliphatic heterocycles. The standard InChI is InChI=1S/C37H40Cl2N6O6/c1-6-26(46)16-23-13-15-51-21-28(23)42-37-40-19-24-17-27(32-33(38)29(49-4)18-30(50-5)34(32)39)36(48)45(35(24)43-37)20-22-9-11-25(12-10-22)41-31(47)8-7-14-44(2)3/h6-12,17-19,23,28H,1,13-16,20-21H2,2-5H3,(H,41,47)(H,40,42,43)/b8-7+/t23-,28-/m1/s1. The number of methoxy groups -OCH3 is 2. The number of benzene rings is 2. The lowest BCUT2D eigenvalue weighted by Gasteiger charge is -2.31. The Bertz CT molecular complexity index is 1990. The van der Waals surface area contributed by atoms with Crippen molar-refractivity contribution in [3.8, 4) is 22.6 Å². The number of ether oxygens (including phenoxy) is 3. The Kier molecular flexibility index (Phi) is 12.5. The van der Waals surface area contributed by atoms with E-state index in [2.05, 4.69) is 22.2 Å². The van der Waals surface area contributed by atoms with Gasteiger partial charge in [-0.1, -0.05) is 48.0 Å². The Balaban J connectivity index is 1.57. The molecule has 0 saturated carbocycles. The number of pyridine rings is 1. The van der Waals surface area contributed by atoms with Gasteiger partial charge in [0.2, 0.25) is 11.9 Å². The van der Waals surface area contributed by atoms with Crippen molar-refractivity contribution in [1.82, 2.24) is 19.4 Å². The summed E-state index contributed by atoms with van der Waals surface area (Å²) >= 11 is 13.6. The van der Waals surface area contributed by atoms with Crippen LogP contribution in [0.2, 0.25) is 10.0 Å². The molecule has 4 aromatic rings. The minimum Gasteiger partial charge on any atom is -0.495 e. The number of ketones is 1. The summed E-state index contributed by atoms with van der Waals surface area (Å²) < 4.78 is 18.2. The van der Waals surface area contributed by atoms with E-state index in [-0.39, 0.29) is 68.8 Å². The van der Waals surface area contributed by atoms with E-state index in [0.29, 0.717) is 49.3 Å². The Morgan fingerprint density at radius 1 is 1.12 bits per heavy atom. The summed E-state index contributed by atoms with van der Waals surface area (Å²) in [6.07, 6.45) is 7.21. The molecule has 2 aromatic heterocycles. The number of hydrogen-bond acceptors (Lipinski definition) is 10. The normalized spacial score (nSPS) is 16.0. The van der Waals surface area contributed by atoms with Crippen LogP contribution < -0.4 is 25.7 Å². The van der Waals surface area contributed by atoms with Crippen molar-refractivity contribution in [3.63, 3.8) is 0 Å². The van der Waals surface area contributed by atoms with Gasteiger partial charge in [0.05, 0.1) is 49.0 Å². The summed E-state index contributed by atoms with van der Waals surface area (Å²) in [5, 5.41) is 7.00. The van der Waals surface area contributed by atoms with E-state index < -0.39 is 5.56 Å². The maximum absolute atomic E-state index is 14.5. The van der Waals surface area contributed by atoms with Gasteiger partial charge >= 0.3 is 0 Å². The lowest BCUT2D eigenvalue weighted by atomic mass is 9.90. The van der Waals surface area contributed by atoms with Crippen molar-refractivity contribution in [2.45, 2.75) is 25.4 Å². The molecular weight excluding hydrogens is 695 g/mol. The van der Waals surface area contributed by atoms with Gasteiger partial charge in [0.15, 0.2) is 5.78 Å². The van der Waals surface area contributed by atoms with E-state index in [4.69, 9.17) is 42.4 Å². The Labute approximate surface area is 306 Å². The van der Waals surface area contributed by atoms with E-state index >= 15 is 0 Å². The number of nitrogens with one attached hydrogen (secondary N) is 2. The van der Waals surface area contributed by atoms with Crippen molar-refractivity contribution in [3.05, 3.63) is 93.4 Å². The van der Waals surface area contributed by atoms with Crippen LogP contribution in [-0.4, -0.2) is 85.2 Å². The number of allylic oxidation sites excluding steroid dienone is 1. The van der Waals surface area contributed by atoms with Gasteiger partial charge in [0.1, 0.15) is 17.1 Å². The zero-order chi connectivity index (χ0) is 36.7. The lowest BCUT2D eigenvalue weighted by molar-refractivity contribution is -0.116. The van der Waals surface area contributed by atoms with Gasteiger partial charge in [-0.25, -0.2) is 4.98 Å². The highest BCUT2D eigenvalue weighted by molar-refractivity contribution is 6.41. The molecule has 0 bridgehead atoms. The van der Waals surface area contributed by atoms with Crippen LogP contribution in [0.4, 0.5) is 11.6 Å². The second-order valence-corrected chi connectivity index (χ2v) is 13.1. The number of carbonyl (C=O) groups is 2. The molecule has 3 heterocycles. The minimum atomic E-state index is -0.426. The highest BCUT2D eigenvalue weighted by atomic mass is 35.5. The third kappa shape index (κ3) is 8.95. The fraction of sp³-hybridized carbons (Fsp3) is 0.324. The molecule has 268 valence electrons. The molecule has 1 aliphatic rings. The zero-order valence-electron chi connectivity index (χ0n) is 28.9. The molecule has 14 heteroatoms. The first-order valence-corrected chi connectivity index (χ1v) is 17.0. The van der Waals surface area contributed by atoms with Gasteiger partial charge in [-0.2, -0.15) is 4.98 Å². The molecule has 0 radical (unpaired) electrons. The number of amides is 1. The largest absolute Gasteiger partial charge is 0.495 e. The fourth-order valence-electron chi connectivity index (χ4n) is 5.80. The first kappa shape index (κ1) is 37.5. The summed E-state index contributed by atoms with van der Waals surface area (Å²) in [7, 11) is 6.75. The smallest absolute Gasteiger partial charge is 0.260 e. The minimum absolute atomic E-state index is 0.0112. The van der Waals surface area contributed by atoms with Gasteiger partial charge in [0.25, 0.3) is 5.56 Å². The van der Waals surface area contributed by atoms with Gasteiger partial charge in [-0.15, -0.1) is 0 Å². The van der Waals surface area contributed by atoms with Crippen LogP contribution in [0.15, 0.2) is 72.2 Å². The Hall–Kier alpha value is -4.75. The molecule has 1 amide bonds. The quantitative estimate of drug-likeness (QED) is 0.152. The SMILES string of the molecule is C=CC(=O)C[C@H]1CCOC[C@H]1Nc1ncc2cc(-c3c(Cl)c(OC)cc(OC)c3Cl)c(=O)n(Cc3ccc(NC(=O)/C=C/CN(C)C)cc3)c2n1. The van der Waals surface area contributed by atoms with Crippen molar-refractivity contribution in [1.29, 1.82) is 0 Å². The number of halogens is 2. The highest BCUT2D eigenvalue weighted by Crippen LogP contribution is 2.45. The average Bonchev–Trinajstić information content (AvgIpc) is 3.11. The van der Waals surface area contributed by atoms with Crippen LogP contribution in [0, 0.1) is 5.92 Å². The van der Waals surface area contributed by atoms with Crippen molar-refractivity contribution in [2.75, 3.05) is 58.7 Å². The summed E-state index contributed by atoms with van der Waals surface area (Å²) in [6, 6.07) is 10.1. The van der Waals surface area contributed by atoms with Crippen molar-refractivity contribution < 1.29 is 23.8 Å². The van der Waals surface area contributed by atoms with Crippen molar-refractivity contribution >= 4 is 57.6 Å². The number of aromatic nitrogens is 3. The molecular formula is C37H40Cl2N6O6. The van der Waals surface area contributed by atoms with E-state index in [0.717, 1.165) is 5.56 Å². The maximum atomic E-state index is 14.5. The summed E-state index contributed by atoms with van der Waals surface area (Å²) in [5.41, 5.74) is 1.71. The molecule has 2 atom stereocenters. The molecule has 0 aliphatic carbocycles. The fourth-order valence-corrected chi connectivity index (χ4v) is 6.50. The number of rotatable bonds is 14. The van der Waals surface area contributed by atoms with Gasteiger partial charge in [-0.05, 0) is 56.3 Å². The second kappa shape index (κ2) is 17.0. The van der Waals surface area contributed by atoms with Crippen LogP contribution >= 0.6 is 23.2 Å². The summed E-state index contributed by atoms with van der Waals surface area (Å²) in [4.78, 5) is 50.4. The maximum Gasteiger partial charge on any atom is 0.260 e. The predicted molar refractivity (Wildman–Crippen MR) is 200 cm³/mol. The number of anilines is 2. The summed E-state index contributed by atoms with van der Waals surface area (Å²) in [6.45, 7) is 5.26. The van der Waals surface area contributed by atoms with Crippen molar-refractivity contribution in [2.24, 2.45) is 5.92 Å². The van der Waals surface area contributed by atoms with Crippen LogP contribution in [0.5, 0.6) is 11.5 Å². The molecule has 1 fully saturated rings. The molecule has 12 nitrogen and oxygen atoms in total. The van der Waals surface area contributed by atoms with Crippen LogP contribution in [0.3, 0.4) is 0 Å². The highest BCUT2D eigenvalue weighted by Gasteiger charge is 2.28.